The first kappa shape index (κ1) is 20.1. The summed E-state index contributed by atoms with van der Waals surface area (Å²) in [5.41, 5.74) is -0.563. The summed E-state index contributed by atoms with van der Waals surface area (Å²) < 4.78 is 13.0. The van der Waals surface area contributed by atoms with Crippen LogP contribution in [0.3, 0.4) is 0 Å². The van der Waals surface area contributed by atoms with Gasteiger partial charge in [-0.15, -0.1) is 0 Å². The van der Waals surface area contributed by atoms with Gasteiger partial charge < -0.3 is 19.5 Å². The van der Waals surface area contributed by atoms with Gasteiger partial charge in [-0.1, -0.05) is 0 Å². The summed E-state index contributed by atoms with van der Waals surface area (Å²) in [6.07, 6.45) is 6.91. The highest BCUT2D eigenvalue weighted by Gasteiger charge is 2.35. The fraction of sp³-hybridized carbons (Fsp3) is 0.526. The van der Waals surface area contributed by atoms with E-state index in [9.17, 15) is 9.90 Å². The number of carbonyl (C=O) groups is 1. The van der Waals surface area contributed by atoms with Crippen LogP contribution in [0.25, 0.3) is 0 Å². The van der Waals surface area contributed by atoms with Crippen LogP contribution < -0.4 is 4.74 Å². The molecular weight excluding hydrogens is 362 g/mol. The molecule has 152 valence electrons. The standard InChI is InChI=1S/C19H27N5O4/c1-19(2,3)28-18(26)22-9-10-24(17(25)23-8-7-21-14-23)15(12-22)13-27-16-5-4-6-20-11-16/h4-8,11,14-15,17,25H,9-10,12-13H2,1-3H3. The fourth-order valence-corrected chi connectivity index (χ4v) is 3.02. The molecule has 3 rings (SSSR count). The number of aliphatic hydroxyl groups excluding tert-OH is 1. The quantitative estimate of drug-likeness (QED) is 0.832. The van der Waals surface area contributed by atoms with Crippen molar-refractivity contribution < 1.29 is 19.4 Å². The number of rotatable bonds is 5. The second-order valence-corrected chi connectivity index (χ2v) is 7.67. The highest BCUT2D eigenvalue weighted by molar-refractivity contribution is 5.68. The Morgan fingerprint density at radius 2 is 2.14 bits per heavy atom. The van der Waals surface area contributed by atoms with Crippen LogP contribution in [0, 0.1) is 0 Å². The maximum absolute atomic E-state index is 12.5. The van der Waals surface area contributed by atoms with E-state index in [0.29, 0.717) is 25.4 Å². The summed E-state index contributed by atoms with van der Waals surface area (Å²) in [5.74, 6) is 0.633. The number of piperazine rings is 1. The van der Waals surface area contributed by atoms with Gasteiger partial charge in [0.05, 0.1) is 18.6 Å². The number of hydrogen-bond donors (Lipinski definition) is 1. The molecule has 0 aromatic carbocycles. The van der Waals surface area contributed by atoms with Crippen molar-refractivity contribution in [2.24, 2.45) is 0 Å². The molecule has 1 N–H and O–H groups in total. The highest BCUT2D eigenvalue weighted by atomic mass is 16.6. The molecule has 2 aromatic heterocycles. The molecule has 1 aliphatic heterocycles. The number of hydrogen-bond acceptors (Lipinski definition) is 7. The highest BCUT2D eigenvalue weighted by Crippen LogP contribution is 2.21. The van der Waals surface area contributed by atoms with Crippen molar-refractivity contribution in [3.05, 3.63) is 43.2 Å². The van der Waals surface area contributed by atoms with Crippen LogP contribution in [0.1, 0.15) is 27.1 Å². The Labute approximate surface area is 164 Å². The number of carbonyl (C=O) groups excluding carboxylic acids is 1. The van der Waals surface area contributed by atoms with E-state index in [1.807, 2.05) is 31.7 Å². The minimum Gasteiger partial charge on any atom is -0.490 e. The Balaban J connectivity index is 1.71. The van der Waals surface area contributed by atoms with Gasteiger partial charge >= 0.3 is 6.09 Å². The van der Waals surface area contributed by atoms with Crippen molar-refractivity contribution >= 4 is 6.09 Å². The molecule has 2 atom stereocenters. The molecule has 1 saturated heterocycles. The monoisotopic (exact) mass is 389 g/mol. The zero-order chi connectivity index (χ0) is 20.1. The maximum atomic E-state index is 12.5. The van der Waals surface area contributed by atoms with Gasteiger partial charge in [-0.3, -0.25) is 14.5 Å². The van der Waals surface area contributed by atoms with E-state index in [-0.39, 0.29) is 18.7 Å². The number of amides is 1. The zero-order valence-electron chi connectivity index (χ0n) is 16.4. The SMILES string of the molecule is CC(C)(C)OC(=O)N1CCN(C(O)n2ccnc2)C(COc2cccnc2)C1. The minimum atomic E-state index is -0.897. The molecule has 1 fully saturated rings. The van der Waals surface area contributed by atoms with Crippen LogP contribution in [0.5, 0.6) is 5.75 Å². The van der Waals surface area contributed by atoms with Crippen LogP contribution in [-0.2, 0) is 4.74 Å². The molecular formula is C19H27N5O4. The Hall–Kier alpha value is -2.65. The summed E-state index contributed by atoms with van der Waals surface area (Å²) in [6, 6.07) is 3.37. The third kappa shape index (κ3) is 5.20. The molecule has 0 saturated carbocycles. The molecule has 0 bridgehead atoms. The minimum absolute atomic E-state index is 0.237. The van der Waals surface area contributed by atoms with Gasteiger partial charge in [0.1, 0.15) is 18.0 Å². The number of aliphatic hydroxyl groups is 1. The van der Waals surface area contributed by atoms with E-state index in [1.165, 1.54) is 0 Å². The van der Waals surface area contributed by atoms with Gasteiger partial charge in [-0.05, 0) is 32.9 Å². The molecule has 0 radical (unpaired) electrons. The summed E-state index contributed by atoms with van der Waals surface area (Å²) in [6.45, 7) is 7.11. The lowest BCUT2D eigenvalue weighted by atomic mass is 10.2. The van der Waals surface area contributed by atoms with Crippen molar-refractivity contribution in [2.45, 2.75) is 38.8 Å². The second kappa shape index (κ2) is 8.57. The molecule has 9 heteroatoms. The Kier molecular flexibility index (Phi) is 6.15. The molecule has 2 unspecified atom stereocenters. The molecule has 1 amide bonds. The molecule has 9 nitrogen and oxygen atoms in total. The first-order chi connectivity index (χ1) is 13.3. The number of nitrogens with zero attached hydrogens (tertiary/aromatic N) is 5. The number of imidazole rings is 1. The van der Waals surface area contributed by atoms with Crippen molar-refractivity contribution in [1.82, 2.24) is 24.3 Å². The molecule has 28 heavy (non-hydrogen) atoms. The summed E-state index contributed by atoms with van der Waals surface area (Å²) in [5, 5.41) is 10.8. The van der Waals surface area contributed by atoms with Crippen molar-refractivity contribution in [2.75, 3.05) is 26.2 Å². The lowest BCUT2D eigenvalue weighted by molar-refractivity contribution is -0.111. The van der Waals surface area contributed by atoms with Gasteiger partial charge in [0.15, 0.2) is 6.35 Å². The van der Waals surface area contributed by atoms with Crippen molar-refractivity contribution in [1.29, 1.82) is 0 Å². The Morgan fingerprint density at radius 1 is 1.32 bits per heavy atom. The van der Waals surface area contributed by atoms with Crippen LogP contribution in [-0.4, -0.2) is 73.4 Å². The first-order valence-electron chi connectivity index (χ1n) is 9.25. The lowest BCUT2D eigenvalue weighted by Crippen LogP contribution is -2.58. The predicted molar refractivity (Wildman–Crippen MR) is 102 cm³/mol. The average Bonchev–Trinajstić information content (AvgIpc) is 3.20. The number of aromatic nitrogens is 3. The Morgan fingerprint density at radius 3 is 2.79 bits per heavy atom. The summed E-state index contributed by atoms with van der Waals surface area (Å²) in [7, 11) is 0. The largest absolute Gasteiger partial charge is 0.490 e. The van der Waals surface area contributed by atoms with Crippen molar-refractivity contribution in [3.8, 4) is 5.75 Å². The normalized spacial score (nSPS) is 19.3. The molecule has 0 aliphatic carbocycles. The van der Waals surface area contributed by atoms with Crippen LogP contribution >= 0.6 is 0 Å². The zero-order valence-corrected chi connectivity index (χ0v) is 16.4. The first-order valence-corrected chi connectivity index (χ1v) is 9.25. The maximum Gasteiger partial charge on any atom is 0.410 e. The summed E-state index contributed by atoms with van der Waals surface area (Å²) in [4.78, 5) is 24.1. The number of pyridine rings is 1. The van der Waals surface area contributed by atoms with Crippen LogP contribution in [0.15, 0.2) is 43.2 Å². The van der Waals surface area contributed by atoms with Crippen molar-refractivity contribution in [3.63, 3.8) is 0 Å². The third-order valence-corrected chi connectivity index (χ3v) is 4.34. The fourth-order valence-electron chi connectivity index (χ4n) is 3.02. The molecule has 3 heterocycles. The van der Waals surface area contributed by atoms with E-state index in [4.69, 9.17) is 9.47 Å². The van der Waals surface area contributed by atoms with Gasteiger partial charge in [0.2, 0.25) is 0 Å². The van der Waals surface area contributed by atoms with E-state index in [2.05, 4.69) is 9.97 Å². The second-order valence-electron chi connectivity index (χ2n) is 7.67. The molecule has 1 aliphatic rings. The smallest absolute Gasteiger partial charge is 0.410 e. The van der Waals surface area contributed by atoms with Crippen LogP contribution in [0.2, 0.25) is 0 Å². The lowest BCUT2D eigenvalue weighted by Gasteiger charge is -2.43. The van der Waals surface area contributed by atoms with E-state index < -0.39 is 12.0 Å². The average molecular weight is 389 g/mol. The summed E-state index contributed by atoms with van der Waals surface area (Å²) >= 11 is 0. The molecule has 2 aromatic rings. The van der Waals surface area contributed by atoms with Gasteiger partial charge in [-0.2, -0.15) is 0 Å². The van der Waals surface area contributed by atoms with E-state index in [0.717, 1.165) is 0 Å². The number of ether oxygens (including phenoxy) is 2. The Bertz CT molecular complexity index is 747. The topological polar surface area (TPSA) is 93.0 Å². The van der Waals surface area contributed by atoms with Gasteiger partial charge in [0.25, 0.3) is 0 Å². The third-order valence-electron chi connectivity index (χ3n) is 4.34. The van der Waals surface area contributed by atoms with E-state index in [1.54, 1.807) is 46.6 Å². The van der Waals surface area contributed by atoms with Crippen LogP contribution in [0.4, 0.5) is 4.79 Å². The predicted octanol–water partition coefficient (Wildman–Crippen LogP) is 1.73. The van der Waals surface area contributed by atoms with Gasteiger partial charge in [0, 0.05) is 38.2 Å². The van der Waals surface area contributed by atoms with Gasteiger partial charge in [-0.25, -0.2) is 9.78 Å². The molecule has 0 spiro atoms. The van der Waals surface area contributed by atoms with E-state index >= 15 is 0 Å².